The molecule has 0 aliphatic rings. The average molecular weight is 647 g/mol. The van der Waals surface area contributed by atoms with E-state index in [0.29, 0.717) is 12.8 Å². The van der Waals surface area contributed by atoms with Crippen LogP contribution in [0.3, 0.4) is 0 Å². The highest BCUT2D eigenvalue weighted by molar-refractivity contribution is 5.70. The predicted octanol–water partition coefficient (Wildman–Crippen LogP) is 12.1. The van der Waals surface area contributed by atoms with E-state index < -0.39 is 6.10 Å². The lowest BCUT2D eigenvalue weighted by Gasteiger charge is -2.15. The molecule has 0 saturated carbocycles. The van der Waals surface area contributed by atoms with Crippen LogP contribution in [0.1, 0.15) is 194 Å². The fourth-order valence-corrected chi connectivity index (χ4v) is 5.40. The van der Waals surface area contributed by atoms with Crippen molar-refractivity contribution in [3.8, 4) is 0 Å². The second-order valence-corrected chi connectivity index (χ2v) is 13.0. The van der Waals surface area contributed by atoms with E-state index in [1.54, 1.807) is 0 Å². The van der Waals surface area contributed by atoms with Crippen LogP contribution in [0.25, 0.3) is 0 Å². The number of rotatable bonds is 35. The molecule has 0 saturated heterocycles. The van der Waals surface area contributed by atoms with Gasteiger partial charge in [0.15, 0.2) is 6.10 Å². The van der Waals surface area contributed by atoms with Crippen LogP contribution in [0.2, 0.25) is 0 Å². The maximum absolute atomic E-state index is 12.2. The zero-order valence-corrected chi connectivity index (χ0v) is 30.3. The standard InChI is InChI=1S/C41H74O5/c1-3-5-7-9-11-13-15-17-19-20-22-24-26-28-30-32-34-36-41(44)46-39(37-42)38-45-40(43)35-33-31-29-27-25-23-21-18-16-14-12-10-8-6-4-2/h12,14,17-19,21,39,42H,3-11,13,15-16,20,22-38H2,1-2H3/t39-/m0/s1. The monoisotopic (exact) mass is 647 g/mol. The van der Waals surface area contributed by atoms with Crippen LogP contribution < -0.4 is 0 Å². The minimum Gasteiger partial charge on any atom is -0.462 e. The van der Waals surface area contributed by atoms with E-state index in [0.717, 1.165) is 51.4 Å². The molecule has 5 nitrogen and oxygen atoms in total. The van der Waals surface area contributed by atoms with Crippen molar-refractivity contribution < 1.29 is 24.2 Å². The van der Waals surface area contributed by atoms with Gasteiger partial charge in [0, 0.05) is 12.8 Å². The molecule has 0 aromatic carbocycles. The number of unbranched alkanes of at least 4 members (excludes halogenated alkanes) is 21. The number of ether oxygens (including phenoxy) is 2. The lowest BCUT2D eigenvalue weighted by molar-refractivity contribution is -0.161. The van der Waals surface area contributed by atoms with Crippen molar-refractivity contribution in [1.29, 1.82) is 0 Å². The second-order valence-electron chi connectivity index (χ2n) is 13.0. The Labute approximate surface area is 285 Å². The summed E-state index contributed by atoms with van der Waals surface area (Å²) < 4.78 is 10.6. The first kappa shape index (κ1) is 44.1. The van der Waals surface area contributed by atoms with Gasteiger partial charge in [-0.25, -0.2) is 0 Å². The van der Waals surface area contributed by atoms with Crippen LogP contribution in [-0.4, -0.2) is 36.4 Å². The molecule has 0 aliphatic heterocycles. The zero-order chi connectivity index (χ0) is 33.6. The molecular formula is C41H74O5. The van der Waals surface area contributed by atoms with Gasteiger partial charge in [0.1, 0.15) is 6.61 Å². The molecule has 1 N–H and O–H groups in total. The summed E-state index contributed by atoms with van der Waals surface area (Å²) >= 11 is 0. The number of carbonyl (C=O) groups is 2. The summed E-state index contributed by atoms with van der Waals surface area (Å²) in [7, 11) is 0. The fourth-order valence-electron chi connectivity index (χ4n) is 5.40. The van der Waals surface area contributed by atoms with Gasteiger partial charge in [0.2, 0.25) is 0 Å². The SMILES string of the molecule is CCCCCC=CCC=CCCCCCCCC(=O)OC[C@H](CO)OC(=O)CCCCCCCCCC=CCCCCCCCC. The molecule has 0 aliphatic carbocycles. The lowest BCUT2D eigenvalue weighted by atomic mass is 10.1. The van der Waals surface area contributed by atoms with Gasteiger partial charge in [0.05, 0.1) is 6.61 Å². The Balaban J connectivity index is 3.58. The van der Waals surface area contributed by atoms with E-state index in [-0.39, 0.29) is 25.2 Å². The fraction of sp³-hybridized carbons (Fsp3) is 0.805. The highest BCUT2D eigenvalue weighted by Crippen LogP contribution is 2.13. The number of esters is 2. The van der Waals surface area contributed by atoms with Crippen molar-refractivity contribution >= 4 is 11.9 Å². The number of carbonyl (C=O) groups excluding carboxylic acids is 2. The van der Waals surface area contributed by atoms with Gasteiger partial charge in [-0.15, -0.1) is 0 Å². The Morgan fingerprint density at radius 2 is 0.870 bits per heavy atom. The molecule has 0 aromatic rings. The summed E-state index contributed by atoms with van der Waals surface area (Å²) in [6, 6.07) is 0. The van der Waals surface area contributed by atoms with E-state index >= 15 is 0 Å². The third-order valence-electron chi connectivity index (χ3n) is 8.41. The molecule has 0 aromatic heterocycles. The number of hydrogen-bond donors (Lipinski definition) is 1. The Morgan fingerprint density at radius 3 is 1.35 bits per heavy atom. The van der Waals surface area contributed by atoms with Gasteiger partial charge >= 0.3 is 11.9 Å². The Hall–Kier alpha value is -1.88. The minimum atomic E-state index is -0.777. The molecule has 0 bridgehead atoms. The van der Waals surface area contributed by atoms with E-state index in [9.17, 15) is 14.7 Å². The van der Waals surface area contributed by atoms with Crippen molar-refractivity contribution in [3.63, 3.8) is 0 Å². The molecule has 0 unspecified atom stereocenters. The maximum Gasteiger partial charge on any atom is 0.306 e. The third kappa shape index (κ3) is 35.0. The predicted molar refractivity (Wildman–Crippen MR) is 196 cm³/mol. The average Bonchev–Trinajstić information content (AvgIpc) is 3.06. The maximum atomic E-state index is 12.2. The van der Waals surface area contributed by atoms with Gasteiger partial charge in [-0.3, -0.25) is 9.59 Å². The van der Waals surface area contributed by atoms with Crippen LogP contribution in [0, 0.1) is 0 Å². The molecule has 0 fully saturated rings. The number of aliphatic hydroxyl groups is 1. The Morgan fingerprint density at radius 1 is 0.500 bits per heavy atom. The highest BCUT2D eigenvalue weighted by atomic mass is 16.6. The van der Waals surface area contributed by atoms with Crippen LogP contribution in [0.5, 0.6) is 0 Å². The minimum absolute atomic E-state index is 0.0738. The van der Waals surface area contributed by atoms with E-state index in [4.69, 9.17) is 9.47 Å². The molecule has 46 heavy (non-hydrogen) atoms. The van der Waals surface area contributed by atoms with Crippen LogP contribution >= 0.6 is 0 Å². The second kappa shape index (κ2) is 37.6. The molecule has 0 spiro atoms. The Kier molecular flexibility index (Phi) is 36.0. The summed E-state index contributed by atoms with van der Waals surface area (Å²) in [5.41, 5.74) is 0. The van der Waals surface area contributed by atoms with Gasteiger partial charge in [0.25, 0.3) is 0 Å². The first-order valence-corrected chi connectivity index (χ1v) is 19.5. The number of aliphatic hydroxyl groups excluding tert-OH is 1. The smallest absolute Gasteiger partial charge is 0.306 e. The van der Waals surface area contributed by atoms with Gasteiger partial charge in [-0.05, 0) is 70.6 Å². The quantitative estimate of drug-likeness (QED) is 0.0421. The molecule has 0 rings (SSSR count). The van der Waals surface area contributed by atoms with Crippen molar-refractivity contribution in [3.05, 3.63) is 36.5 Å². The normalized spacial score (nSPS) is 12.5. The lowest BCUT2D eigenvalue weighted by Crippen LogP contribution is -2.28. The molecule has 5 heteroatoms. The van der Waals surface area contributed by atoms with Crippen LogP contribution in [0.4, 0.5) is 0 Å². The summed E-state index contributed by atoms with van der Waals surface area (Å²) in [4.78, 5) is 24.2. The van der Waals surface area contributed by atoms with E-state index in [2.05, 4.69) is 50.3 Å². The van der Waals surface area contributed by atoms with E-state index in [1.807, 2.05) is 0 Å². The first-order valence-electron chi connectivity index (χ1n) is 19.5. The number of allylic oxidation sites excluding steroid dienone is 6. The van der Waals surface area contributed by atoms with Crippen molar-refractivity contribution in [2.75, 3.05) is 13.2 Å². The van der Waals surface area contributed by atoms with Crippen LogP contribution in [-0.2, 0) is 19.1 Å². The summed E-state index contributed by atoms with van der Waals surface area (Å²) in [6.07, 6.45) is 44.8. The molecule has 0 amide bonds. The molecular weight excluding hydrogens is 572 g/mol. The summed E-state index contributed by atoms with van der Waals surface area (Å²) in [5, 5.41) is 9.54. The van der Waals surface area contributed by atoms with Crippen LogP contribution in [0.15, 0.2) is 36.5 Å². The van der Waals surface area contributed by atoms with Crippen molar-refractivity contribution in [1.82, 2.24) is 0 Å². The molecule has 0 radical (unpaired) electrons. The van der Waals surface area contributed by atoms with Gasteiger partial charge in [-0.2, -0.15) is 0 Å². The summed E-state index contributed by atoms with van der Waals surface area (Å²) in [6.45, 7) is 4.09. The largest absolute Gasteiger partial charge is 0.462 e. The molecule has 1 atom stereocenters. The highest BCUT2D eigenvalue weighted by Gasteiger charge is 2.16. The summed E-state index contributed by atoms with van der Waals surface area (Å²) in [5.74, 6) is -0.610. The Bertz CT molecular complexity index is 741. The molecule has 0 heterocycles. The van der Waals surface area contributed by atoms with Gasteiger partial charge in [-0.1, -0.05) is 147 Å². The first-order chi connectivity index (χ1) is 22.6. The van der Waals surface area contributed by atoms with Crippen molar-refractivity contribution in [2.24, 2.45) is 0 Å². The topological polar surface area (TPSA) is 72.8 Å². The zero-order valence-electron chi connectivity index (χ0n) is 30.3. The van der Waals surface area contributed by atoms with Crippen molar-refractivity contribution in [2.45, 2.75) is 200 Å². The third-order valence-corrected chi connectivity index (χ3v) is 8.41. The number of hydrogen-bond acceptors (Lipinski definition) is 5. The molecule has 268 valence electrons. The van der Waals surface area contributed by atoms with E-state index in [1.165, 1.54) is 116 Å². The van der Waals surface area contributed by atoms with Gasteiger partial charge < -0.3 is 14.6 Å².